The summed E-state index contributed by atoms with van der Waals surface area (Å²) in [7, 11) is 0. The van der Waals surface area contributed by atoms with E-state index in [1.54, 1.807) is 37.3 Å². The van der Waals surface area contributed by atoms with E-state index in [9.17, 15) is 14.4 Å². The highest BCUT2D eigenvalue weighted by molar-refractivity contribution is 6.02. The molecule has 0 atom stereocenters. The maximum atomic E-state index is 12.2. The summed E-state index contributed by atoms with van der Waals surface area (Å²) in [5.74, 6) is -0.473. The molecule has 154 valence electrons. The first-order chi connectivity index (χ1) is 14.5. The standard InChI is InChI=1S/C21H18N2O7/c1-12-14-4-2-3-5-15(14)30-19(12)20(25)29-11-18(24)23-21(26)22-13-6-7-16-17(10-13)28-9-8-27-16/h2-7,10H,8-9,11H2,1H3,(H2,22,23,24,26). The molecule has 3 amide bonds. The molecule has 0 unspecified atom stereocenters. The monoisotopic (exact) mass is 410 g/mol. The first-order valence-corrected chi connectivity index (χ1v) is 9.17. The average Bonchev–Trinajstić information content (AvgIpc) is 3.09. The van der Waals surface area contributed by atoms with Gasteiger partial charge >= 0.3 is 12.0 Å². The van der Waals surface area contributed by atoms with Crippen LogP contribution in [0.5, 0.6) is 11.5 Å². The van der Waals surface area contributed by atoms with Crippen LogP contribution < -0.4 is 20.1 Å². The van der Waals surface area contributed by atoms with E-state index in [2.05, 4.69) is 10.6 Å². The van der Waals surface area contributed by atoms with Crippen molar-refractivity contribution in [3.63, 3.8) is 0 Å². The predicted octanol–water partition coefficient (Wildman–Crippen LogP) is 3.02. The highest BCUT2D eigenvalue weighted by Gasteiger charge is 2.20. The number of carbonyl (C=O) groups excluding carboxylic acids is 3. The number of benzene rings is 2. The summed E-state index contributed by atoms with van der Waals surface area (Å²) in [6.45, 7) is 1.96. The lowest BCUT2D eigenvalue weighted by molar-refractivity contribution is -0.123. The number of urea groups is 1. The molecule has 1 aliphatic rings. The van der Waals surface area contributed by atoms with Crippen molar-refractivity contribution in [1.29, 1.82) is 0 Å². The quantitative estimate of drug-likeness (QED) is 0.635. The predicted molar refractivity (Wildman–Crippen MR) is 106 cm³/mol. The van der Waals surface area contributed by atoms with Gasteiger partial charge in [0.15, 0.2) is 18.1 Å². The van der Waals surface area contributed by atoms with Gasteiger partial charge in [-0.25, -0.2) is 9.59 Å². The summed E-state index contributed by atoms with van der Waals surface area (Å²) in [4.78, 5) is 36.2. The zero-order chi connectivity index (χ0) is 21.1. The van der Waals surface area contributed by atoms with Crippen LogP contribution in [0.4, 0.5) is 10.5 Å². The van der Waals surface area contributed by atoms with E-state index in [1.165, 1.54) is 0 Å². The van der Waals surface area contributed by atoms with Crippen LogP contribution in [0.1, 0.15) is 16.1 Å². The number of carbonyl (C=O) groups is 3. The minimum atomic E-state index is -0.786. The fraction of sp³-hybridized carbons (Fsp3) is 0.190. The van der Waals surface area contributed by atoms with E-state index in [1.807, 2.05) is 12.1 Å². The number of amides is 3. The number of esters is 1. The van der Waals surface area contributed by atoms with Crippen LogP contribution in [0, 0.1) is 6.92 Å². The SMILES string of the molecule is Cc1c(C(=O)OCC(=O)NC(=O)Nc2ccc3c(c2)OCCO3)oc2ccccc12. The Morgan fingerprint density at radius 2 is 1.80 bits per heavy atom. The molecule has 0 bridgehead atoms. The number of para-hydroxylation sites is 1. The van der Waals surface area contributed by atoms with Gasteiger partial charge in [0.25, 0.3) is 5.91 Å². The van der Waals surface area contributed by atoms with Crippen LogP contribution in [0.15, 0.2) is 46.9 Å². The smallest absolute Gasteiger partial charge is 0.375 e. The Morgan fingerprint density at radius 3 is 2.60 bits per heavy atom. The molecule has 0 saturated carbocycles. The van der Waals surface area contributed by atoms with Crippen molar-refractivity contribution in [3.8, 4) is 11.5 Å². The Morgan fingerprint density at radius 1 is 1.03 bits per heavy atom. The van der Waals surface area contributed by atoms with Crippen molar-refractivity contribution < 1.29 is 33.0 Å². The third-order valence-electron chi connectivity index (χ3n) is 4.42. The van der Waals surface area contributed by atoms with Crippen molar-refractivity contribution in [1.82, 2.24) is 5.32 Å². The lowest BCUT2D eigenvalue weighted by atomic mass is 10.1. The van der Waals surface area contributed by atoms with Gasteiger partial charge in [-0.1, -0.05) is 18.2 Å². The summed E-state index contributed by atoms with van der Waals surface area (Å²) in [5, 5.41) is 5.38. The molecule has 0 spiro atoms. The van der Waals surface area contributed by atoms with E-state index >= 15 is 0 Å². The van der Waals surface area contributed by atoms with Gasteiger partial charge in [-0.05, 0) is 25.1 Å². The molecule has 9 nitrogen and oxygen atoms in total. The number of fused-ring (bicyclic) bond motifs is 2. The van der Waals surface area contributed by atoms with E-state index in [4.69, 9.17) is 18.6 Å². The fourth-order valence-electron chi connectivity index (χ4n) is 3.01. The number of anilines is 1. The zero-order valence-electron chi connectivity index (χ0n) is 16.0. The molecule has 0 aliphatic carbocycles. The highest BCUT2D eigenvalue weighted by atomic mass is 16.6. The van der Waals surface area contributed by atoms with Gasteiger partial charge in [0.05, 0.1) is 0 Å². The van der Waals surface area contributed by atoms with Crippen molar-refractivity contribution in [2.45, 2.75) is 6.92 Å². The number of nitrogens with one attached hydrogen (secondary N) is 2. The summed E-state index contributed by atoms with van der Waals surface area (Å²) in [5.41, 5.74) is 1.58. The zero-order valence-corrected chi connectivity index (χ0v) is 16.0. The number of rotatable bonds is 4. The van der Waals surface area contributed by atoms with Gasteiger partial charge in [0.1, 0.15) is 18.8 Å². The first kappa shape index (κ1) is 19.3. The summed E-state index contributed by atoms with van der Waals surface area (Å²) < 4.78 is 21.3. The minimum Gasteiger partial charge on any atom is -0.486 e. The summed E-state index contributed by atoms with van der Waals surface area (Å²) in [6, 6.07) is 11.2. The summed E-state index contributed by atoms with van der Waals surface area (Å²) in [6.07, 6.45) is 0. The van der Waals surface area contributed by atoms with Crippen LogP contribution in [0.3, 0.4) is 0 Å². The minimum absolute atomic E-state index is 0.0183. The van der Waals surface area contributed by atoms with Crippen LogP contribution in [-0.2, 0) is 9.53 Å². The van der Waals surface area contributed by atoms with Crippen molar-refractivity contribution in [2.24, 2.45) is 0 Å². The number of furan rings is 1. The van der Waals surface area contributed by atoms with E-state index < -0.39 is 24.5 Å². The van der Waals surface area contributed by atoms with Crippen LogP contribution in [0.25, 0.3) is 11.0 Å². The van der Waals surface area contributed by atoms with E-state index in [0.717, 1.165) is 5.39 Å². The van der Waals surface area contributed by atoms with Crippen LogP contribution >= 0.6 is 0 Å². The molecular weight excluding hydrogens is 392 g/mol. The molecule has 30 heavy (non-hydrogen) atoms. The lowest BCUT2D eigenvalue weighted by Crippen LogP contribution is -2.37. The Bertz CT molecular complexity index is 1140. The van der Waals surface area contributed by atoms with Gasteiger partial charge in [0.2, 0.25) is 5.76 Å². The first-order valence-electron chi connectivity index (χ1n) is 9.17. The Kier molecular flexibility index (Phi) is 5.25. The molecule has 0 saturated heterocycles. The van der Waals surface area contributed by atoms with E-state index in [-0.39, 0.29) is 5.76 Å². The van der Waals surface area contributed by atoms with Gasteiger partial charge in [0, 0.05) is 22.7 Å². The highest BCUT2D eigenvalue weighted by Crippen LogP contribution is 2.32. The molecular formula is C21H18N2O7. The molecule has 1 aromatic heterocycles. The molecule has 1 aliphatic heterocycles. The number of ether oxygens (including phenoxy) is 3. The molecule has 3 aromatic rings. The third-order valence-corrected chi connectivity index (χ3v) is 4.42. The maximum Gasteiger partial charge on any atom is 0.375 e. The van der Waals surface area contributed by atoms with Crippen molar-refractivity contribution in [2.75, 3.05) is 25.1 Å². The van der Waals surface area contributed by atoms with Gasteiger partial charge in [-0.2, -0.15) is 0 Å². The van der Waals surface area contributed by atoms with E-state index in [0.29, 0.717) is 41.5 Å². The molecule has 4 rings (SSSR count). The normalized spacial score (nSPS) is 12.3. The second kappa shape index (κ2) is 8.16. The third kappa shape index (κ3) is 4.04. The van der Waals surface area contributed by atoms with Crippen LogP contribution in [-0.4, -0.2) is 37.7 Å². The number of hydrogen-bond acceptors (Lipinski definition) is 7. The fourth-order valence-corrected chi connectivity index (χ4v) is 3.01. The Balaban J connectivity index is 1.30. The molecule has 0 fully saturated rings. The van der Waals surface area contributed by atoms with Gasteiger partial charge in [-0.3, -0.25) is 10.1 Å². The largest absolute Gasteiger partial charge is 0.486 e. The van der Waals surface area contributed by atoms with Crippen molar-refractivity contribution in [3.05, 3.63) is 53.8 Å². The summed E-state index contributed by atoms with van der Waals surface area (Å²) >= 11 is 0. The average molecular weight is 410 g/mol. The second-order valence-electron chi connectivity index (χ2n) is 6.49. The maximum absolute atomic E-state index is 12.2. The van der Waals surface area contributed by atoms with Gasteiger partial charge < -0.3 is 23.9 Å². The lowest BCUT2D eigenvalue weighted by Gasteiger charge is -2.19. The molecule has 0 radical (unpaired) electrons. The number of imide groups is 1. The van der Waals surface area contributed by atoms with Gasteiger partial charge in [-0.15, -0.1) is 0 Å². The Hall–Kier alpha value is -4.01. The molecule has 2 aromatic carbocycles. The molecule has 2 N–H and O–H groups in total. The van der Waals surface area contributed by atoms with Crippen molar-refractivity contribution >= 4 is 34.6 Å². The number of aryl methyl sites for hydroxylation is 1. The Labute approximate surface area is 170 Å². The second-order valence-corrected chi connectivity index (χ2v) is 6.49. The number of hydrogen-bond donors (Lipinski definition) is 2. The molecule has 2 heterocycles. The topological polar surface area (TPSA) is 116 Å². The molecule has 9 heteroatoms. The van der Waals surface area contributed by atoms with Crippen LogP contribution in [0.2, 0.25) is 0 Å².